The molecule has 2 nitrogen and oxygen atoms in total. The maximum absolute atomic E-state index is 6.25. The summed E-state index contributed by atoms with van der Waals surface area (Å²) in [6.45, 7) is 9.45. The minimum Gasteiger partial charge on any atom is -0.456 e. The number of benzene rings is 8. The molecule has 0 saturated heterocycles. The highest BCUT2D eigenvalue weighted by Crippen LogP contribution is 2.55. The van der Waals surface area contributed by atoms with E-state index < -0.39 is 0 Å². The molecule has 0 unspecified atom stereocenters. The molecule has 0 N–H and O–H groups in total. The van der Waals surface area contributed by atoms with Crippen molar-refractivity contribution in [2.24, 2.45) is 0 Å². The fraction of sp³-hybridized carbons (Fsp3) is 0.115. The number of anilines is 3. The van der Waals surface area contributed by atoms with Gasteiger partial charge in [-0.1, -0.05) is 137 Å². The van der Waals surface area contributed by atoms with Gasteiger partial charge in [0.1, 0.15) is 11.2 Å². The van der Waals surface area contributed by atoms with Crippen LogP contribution in [0.1, 0.15) is 49.9 Å². The first-order chi connectivity index (χ1) is 26.3. The molecule has 2 heteroatoms. The lowest BCUT2D eigenvalue weighted by molar-refractivity contribution is 0.660. The Bertz CT molecular complexity index is 3000. The second-order valence-corrected chi connectivity index (χ2v) is 16.2. The van der Waals surface area contributed by atoms with Gasteiger partial charge in [0, 0.05) is 38.5 Å². The van der Waals surface area contributed by atoms with Gasteiger partial charge in [0.25, 0.3) is 0 Å². The van der Waals surface area contributed by atoms with Crippen molar-refractivity contribution < 1.29 is 4.42 Å². The quantitative estimate of drug-likeness (QED) is 0.182. The maximum Gasteiger partial charge on any atom is 0.136 e. The van der Waals surface area contributed by atoms with E-state index in [1.807, 2.05) is 12.1 Å². The SMILES string of the molecule is CC1(C)c2ccccc2-c2ccc(N(c3ccc(-c4ccc5cc6c(cc5c4)oc4ccccc46)cc3)c3cccc4c3-c3ccccc3C4(C)C)cc21. The summed E-state index contributed by atoms with van der Waals surface area (Å²) < 4.78 is 6.25. The zero-order chi connectivity index (χ0) is 36.3. The van der Waals surface area contributed by atoms with Crippen molar-refractivity contribution in [2.45, 2.75) is 38.5 Å². The molecule has 0 amide bonds. The fourth-order valence-electron chi connectivity index (χ4n) is 9.63. The van der Waals surface area contributed by atoms with E-state index in [2.05, 4.69) is 184 Å². The first-order valence-electron chi connectivity index (χ1n) is 19.0. The summed E-state index contributed by atoms with van der Waals surface area (Å²) in [4.78, 5) is 2.48. The molecule has 1 heterocycles. The Kier molecular flexibility index (Phi) is 6.39. The smallest absolute Gasteiger partial charge is 0.136 e. The zero-order valence-corrected chi connectivity index (χ0v) is 30.9. The van der Waals surface area contributed by atoms with E-state index in [-0.39, 0.29) is 10.8 Å². The summed E-state index contributed by atoms with van der Waals surface area (Å²) in [7, 11) is 0. The van der Waals surface area contributed by atoms with Crippen molar-refractivity contribution in [1.82, 2.24) is 0 Å². The Morgan fingerprint density at radius 3 is 1.89 bits per heavy atom. The van der Waals surface area contributed by atoms with Gasteiger partial charge in [0.15, 0.2) is 0 Å². The van der Waals surface area contributed by atoms with Crippen LogP contribution in [0.15, 0.2) is 168 Å². The van der Waals surface area contributed by atoms with Crippen LogP contribution in [-0.4, -0.2) is 0 Å². The molecule has 0 spiro atoms. The summed E-state index contributed by atoms with van der Waals surface area (Å²) in [5, 5.41) is 4.70. The average molecular weight is 694 g/mol. The van der Waals surface area contributed by atoms with Crippen LogP contribution in [-0.2, 0) is 10.8 Å². The van der Waals surface area contributed by atoms with Crippen LogP contribution in [0.2, 0.25) is 0 Å². The van der Waals surface area contributed by atoms with Gasteiger partial charge in [-0.3, -0.25) is 0 Å². The normalized spacial score (nSPS) is 14.6. The Morgan fingerprint density at radius 2 is 1.06 bits per heavy atom. The van der Waals surface area contributed by atoms with E-state index in [1.54, 1.807) is 0 Å². The van der Waals surface area contributed by atoms with Crippen LogP contribution >= 0.6 is 0 Å². The van der Waals surface area contributed by atoms with E-state index in [0.717, 1.165) is 27.6 Å². The molecule has 1 aromatic heterocycles. The van der Waals surface area contributed by atoms with Crippen LogP contribution in [0.5, 0.6) is 0 Å². The number of fused-ring (bicyclic) bond motifs is 10. The highest BCUT2D eigenvalue weighted by Gasteiger charge is 2.39. The van der Waals surface area contributed by atoms with Crippen molar-refractivity contribution in [3.63, 3.8) is 0 Å². The Morgan fingerprint density at radius 1 is 0.407 bits per heavy atom. The van der Waals surface area contributed by atoms with Gasteiger partial charge >= 0.3 is 0 Å². The van der Waals surface area contributed by atoms with Crippen molar-refractivity contribution >= 4 is 49.8 Å². The molecule has 2 aliphatic rings. The van der Waals surface area contributed by atoms with Crippen LogP contribution < -0.4 is 4.90 Å². The minimum atomic E-state index is -0.102. The van der Waals surface area contributed by atoms with Gasteiger partial charge in [0.2, 0.25) is 0 Å². The van der Waals surface area contributed by atoms with Gasteiger partial charge < -0.3 is 9.32 Å². The molecular formula is C52H39NO. The third-order valence-electron chi connectivity index (χ3n) is 12.4. The largest absolute Gasteiger partial charge is 0.456 e. The molecule has 9 aromatic rings. The molecule has 2 aliphatic carbocycles. The molecule has 258 valence electrons. The topological polar surface area (TPSA) is 16.4 Å². The number of hydrogen-bond acceptors (Lipinski definition) is 2. The lowest BCUT2D eigenvalue weighted by atomic mass is 9.82. The van der Waals surface area contributed by atoms with Crippen molar-refractivity contribution in [3.8, 4) is 33.4 Å². The number of furan rings is 1. The van der Waals surface area contributed by atoms with Gasteiger partial charge in [-0.05, 0) is 115 Å². The monoisotopic (exact) mass is 693 g/mol. The average Bonchev–Trinajstić information content (AvgIpc) is 3.76. The molecule has 54 heavy (non-hydrogen) atoms. The first kappa shape index (κ1) is 31.2. The number of para-hydroxylation sites is 1. The van der Waals surface area contributed by atoms with Crippen LogP contribution in [0, 0.1) is 0 Å². The third kappa shape index (κ3) is 4.34. The minimum absolute atomic E-state index is 0.0942. The maximum atomic E-state index is 6.25. The molecule has 0 atom stereocenters. The zero-order valence-electron chi connectivity index (χ0n) is 30.9. The molecule has 0 radical (unpaired) electrons. The molecule has 8 aromatic carbocycles. The predicted molar refractivity (Wildman–Crippen MR) is 226 cm³/mol. The number of hydrogen-bond donors (Lipinski definition) is 0. The summed E-state index contributed by atoms with van der Waals surface area (Å²) in [5.74, 6) is 0. The van der Waals surface area contributed by atoms with Crippen molar-refractivity contribution in [1.29, 1.82) is 0 Å². The molecule has 11 rings (SSSR count). The second-order valence-electron chi connectivity index (χ2n) is 16.2. The van der Waals surface area contributed by atoms with E-state index >= 15 is 0 Å². The predicted octanol–water partition coefficient (Wildman–Crippen LogP) is 14.5. The second kappa shape index (κ2) is 11.1. The highest BCUT2D eigenvalue weighted by molar-refractivity contribution is 6.10. The summed E-state index contributed by atoms with van der Waals surface area (Å²) >= 11 is 0. The standard InChI is InChI=1S/C52H39NO/c1-51(2)44-16-9-6-14-41(44)50-45(51)17-11-18-47(50)53(37-26-27-39-38-12-5-8-15-43(38)52(3,4)46(39)31-37)36-24-22-32(23-25-36)33-20-21-34-29-42-40-13-7-10-19-48(40)54-49(42)30-35(34)28-33/h5-31H,1-4H3. The molecule has 0 bridgehead atoms. The van der Waals surface area contributed by atoms with E-state index in [0.29, 0.717) is 0 Å². The van der Waals surface area contributed by atoms with Crippen LogP contribution in [0.25, 0.3) is 66.1 Å². The van der Waals surface area contributed by atoms with Gasteiger partial charge in [0.05, 0.1) is 5.69 Å². The summed E-state index contributed by atoms with van der Waals surface area (Å²) in [5.41, 5.74) is 18.3. The number of rotatable bonds is 4. The van der Waals surface area contributed by atoms with Gasteiger partial charge in [-0.2, -0.15) is 0 Å². The highest BCUT2D eigenvalue weighted by atomic mass is 16.3. The van der Waals surface area contributed by atoms with Crippen molar-refractivity contribution in [3.05, 3.63) is 186 Å². The molecular weight excluding hydrogens is 655 g/mol. The molecule has 0 fully saturated rings. The van der Waals surface area contributed by atoms with Crippen LogP contribution in [0.3, 0.4) is 0 Å². The lowest BCUT2D eigenvalue weighted by Crippen LogP contribution is -2.17. The molecule has 0 saturated carbocycles. The van der Waals surface area contributed by atoms with E-state index in [4.69, 9.17) is 4.42 Å². The van der Waals surface area contributed by atoms with Crippen molar-refractivity contribution in [2.75, 3.05) is 4.90 Å². The molecule has 0 aliphatic heterocycles. The van der Waals surface area contributed by atoms with Crippen LogP contribution in [0.4, 0.5) is 17.1 Å². The van der Waals surface area contributed by atoms with Gasteiger partial charge in [-0.15, -0.1) is 0 Å². The van der Waals surface area contributed by atoms with E-state index in [1.165, 1.54) is 77.8 Å². The summed E-state index contributed by atoms with van der Waals surface area (Å²) in [6, 6.07) is 60.5. The van der Waals surface area contributed by atoms with E-state index in [9.17, 15) is 0 Å². The van der Waals surface area contributed by atoms with Gasteiger partial charge in [-0.25, -0.2) is 0 Å². The Hall–Kier alpha value is -6.38. The number of nitrogens with zero attached hydrogens (tertiary/aromatic N) is 1. The Balaban J connectivity index is 1.06. The summed E-state index contributed by atoms with van der Waals surface area (Å²) in [6.07, 6.45) is 0. The lowest BCUT2D eigenvalue weighted by Gasteiger charge is -2.30. The third-order valence-corrected chi connectivity index (χ3v) is 12.4. The fourth-order valence-corrected chi connectivity index (χ4v) is 9.63. The Labute approximate surface area is 315 Å². The first-order valence-corrected chi connectivity index (χ1v) is 19.0.